The van der Waals surface area contributed by atoms with E-state index in [9.17, 15) is 13.6 Å². The molecule has 2 aromatic rings. The molecule has 0 saturated carbocycles. The highest BCUT2D eigenvalue weighted by Crippen LogP contribution is 2.27. The molecular formula is C14H15F2N3O2. The van der Waals surface area contributed by atoms with Gasteiger partial charge in [0.25, 0.3) is 5.91 Å². The van der Waals surface area contributed by atoms with Crippen molar-refractivity contribution < 1.29 is 18.3 Å². The van der Waals surface area contributed by atoms with Gasteiger partial charge in [0.1, 0.15) is 5.75 Å². The molecule has 0 aliphatic carbocycles. The summed E-state index contributed by atoms with van der Waals surface area (Å²) in [4.78, 5) is 12.0. The molecule has 0 aliphatic heterocycles. The maximum atomic E-state index is 12.4. The number of carbonyl (C=O) groups excluding carboxylic acids is 1. The molecule has 112 valence electrons. The van der Waals surface area contributed by atoms with Crippen LogP contribution in [0.25, 0.3) is 0 Å². The number of amides is 1. The third-order valence-corrected chi connectivity index (χ3v) is 2.80. The van der Waals surface area contributed by atoms with Gasteiger partial charge < -0.3 is 10.1 Å². The highest BCUT2D eigenvalue weighted by molar-refractivity contribution is 6.03. The number of hydrogen-bond donors (Lipinski definition) is 1. The Morgan fingerprint density at radius 2 is 2.19 bits per heavy atom. The summed E-state index contributed by atoms with van der Waals surface area (Å²) in [7, 11) is 0. The van der Waals surface area contributed by atoms with E-state index in [4.69, 9.17) is 0 Å². The van der Waals surface area contributed by atoms with E-state index in [-0.39, 0.29) is 17.1 Å². The lowest BCUT2D eigenvalue weighted by Crippen LogP contribution is -2.15. The van der Waals surface area contributed by atoms with Crippen LogP contribution in [0.2, 0.25) is 0 Å². The SMILES string of the molecule is CCn1ccc(C(=O)Nc2ccc(C)cc2OC(F)F)n1. The standard InChI is InChI=1S/C14H15F2N3O2/c1-3-19-7-6-11(18-19)13(20)17-10-5-4-9(2)8-12(10)21-14(15)16/h4-8,14H,3H2,1-2H3,(H,17,20). The van der Waals surface area contributed by atoms with E-state index in [0.29, 0.717) is 6.54 Å². The molecule has 0 unspecified atom stereocenters. The minimum atomic E-state index is -2.96. The largest absolute Gasteiger partial charge is 0.433 e. The van der Waals surface area contributed by atoms with Crippen molar-refractivity contribution in [3.8, 4) is 5.75 Å². The smallest absolute Gasteiger partial charge is 0.387 e. The van der Waals surface area contributed by atoms with E-state index in [2.05, 4.69) is 15.2 Å². The lowest BCUT2D eigenvalue weighted by molar-refractivity contribution is -0.0494. The number of nitrogens with one attached hydrogen (secondary N) is 1. The molecule has 0 bridgehead atoms. The van der Waals surface area contributed by atoms with Crippen LogP contribution in [0.3, 0.4) is 0 Å². The number of halogens is 2. The van der Waals surface area contributed by atoms with Gasteiger partial charge in [0.05, 0.1) is 5.69 Å². The lowest BCUT2D eigenvalue weighted by Gasteiger charge is -2.12. The summed E-state index contributed by atoms with van der Waals surface area (Å²) >= 11 is 0. The summed E-state index contributed by atoms with van der Waals surface area (Å²) in [6.45, 7) is 1.31. The van der Waals surface area contributed by atoms with Gasteiger partial charge >= 0.3 is 6.61 Å². The fraction of sp³-hybridized carbons (Fsp3) is 0.286. The number of hydrogen-bond acceptors (Lipinski definition) is 3. The fourth-order valence-electron chi connectivity index (χ4n) is 1.77. The van der Waals surface area contributed by atoms with Gasteiger partial charge in [-0.15, -0.1) is 0 Å². The number of anilines is 1. The van der Waals surface area contributed by atoms with E-state index in [1.807, 2.05) is 6.92 Å². The normalized spacial score (nSPS) is 10.7. The number of alkyl halides is 2. The average Bonchev–Trinajstić information content (AvgIpc) is 2.90. The monoisotopic (exact) mass is 295 g/mol. The Morgan fingerprint density at radius 3 is 2.81 bits per heavy atom. The Labute approximate surface area is 120 Å². The van der Waals surface area contributed by atoms with Crippen molar-refractivity contribution in [2.75, 3.05) is 5.32 Å². The molecule has 0 saturated heterocycles. The molecule has 0 spiro atoms. The summed E-state index contributed by atoms with van der Waals surface area (Å²) in [6.07, 6.45) is 1.67. The minimum absolute atomic E-state index is 0.0757. The van der Waals surface area contributed by atoms with Crippen LogP contribution in [0.4, 0.5) is 14.5 Å². The zero-order valence-corrected chi connectivity index (χ0v) is 11.6. The van der Waals surface area contributed by atoms with Gasteiger partial charge in [-0.2, -0.15) is 13.9 Å². The number of carbonyl (C=O) groups is 1. The fourth-order valence-corrected chi connectivity index (χ4v) is 1.77. The molecule has 1 N–H and O–H groups in total. The maximum absolute atomic E-state index is 12.4. The van der Waals surface area contributed by atoms with Crippen molar-refractivity contribution >= 4 is 11.6 Å². The lowest BCUT2D eigenvalue weighted by atomic mass is 10.2. The van der Waals surface area contributed by atoms with Gasteiger partial charge in [0.2, 0.25) is 0 Å². The van der Waals surface area contributed by atoms with Crippen molar-refractivity contribution in [2.24, 2.45) is 0 Å². The van der Waals surface area contributed by atoms with E-state index in [1.54, 1.807) is 29.9 Å². The van der Waals surface area contributed by atoms with Crippen LogP contribution in [0.15, 0.2) is 30.5 Å². The van der Waals surface area contributed by atoms with Gasteiger partial charge in [0, 0.05) is 12.7 Å². The molecule has 0 fully saturated rings. The number of ether oxygens (including phenoxy) is 1. The molecule has 0 aliphatic rings. The number of aryl methyl sites for hydroxylation is 2. The van der Waals surface area contributed by atoms with Crippen LogP contribution in [0, 0.1) is 6.92 Å². The first-order valence-electron chi connectivity index (χ1n) is 6.40. The van der Waals surface area contributed by atoms with E-state index < -0.39 is 12.5 Å². The van der Waals surface area contributed by atoms with Crippen LogP contribution >= 0.6 is 0 Å². The molecule has 21 heavy (non-hydrogen) atoms. The van der Waals surface area contributed by atoms with Crippen molar-refractivity contribution in [1.82, 2.24) is 9.78 Å². The first kappa shape index (κ1) is 15.0. The third kappa shape index (κ3) is 3.77. The molecule has 0 radical (unpaired) electrons. The number of aromatic nitrogens is 2. The topological polar surface area (TPSA) is 56.2 Å². The van der Waals surface area contributed by atoms with Crippen LogP contribution in [-0.2, 0) is 6.54 Å². The van der Waals surface area contributed by atoms with Gasteiger partial charge in [-0.05, 0) is 37.6 Å². The molecular weight excluding hydrogens is 280 g/mol. The van der Waals surface area contributed by atoms with Crippen molar-refractivity contribution in [3.63, 3.8) is 0 Å². The molecule has 1 amide bonds. The minimum Gasteiger partial charge on any atom is -0.433 e. The predicted octanol–water partition coefficient (Wildman–Crippen LogP) is 3.07. The van der Waals surface area contributed by atoms with Crippen LogP contribution in [0.1, 0.15) is 23.0 Å². The van der Waals surface area contributed by atoms with Gasteiger partial charge in [0.15, 0.2) is 5.69 Å². The first-order valence-corrected chi connectivity index (χ1v) is 6.40. The Balaban J connectivity index is 2.20. The number of benzene rings is 1. The van der Waals surface area contributed by atoms with E-state index in [0.717, 1.165) is 5.56 Å². The molecule has 2 rings (SSSR count). The number of rotatable bonds is 5. The van der Waals surface area contributed by atoms with Gasteiger partial charge in [-0.25, -0.2) is 0 Å². The second kappa shape index (κ2) is 6.34. The summed E-state index contributed by atoms with van der Waals surface area (Å²) in [6, 6.07) is 6.20. The highest BCUT2D eigenvalue weighted by Gasteiger charge is 2.15. The summed E-state index contributed by atoms with van der Waals surface area (Å²) in [5, 5.41) is 6.57. The molecule has 5 nitrogen and oxygen atoms in total. The Morgan fingerprint density at radius 1 is 1.43 bits per heavy atom. The van der Waals surface area contributed by atoms with E-state index >= 15 is 0 Å². The predicted molar refractivity (Wildman–Crippen MR) is 73.7 cm³/mol. The number of nitrogens with zero attached hydrogens (tertiary/aromatic N) is 2. The summed E-state index contributed by atoms with van der Waals surface area (Å²) in [5.74, 6) is -0.557. The molecule has 1 heterocycles. The Hall–Kier alpha value is -2.44. The summed E-state index contributed by atoms with van der Waals surface area (Å²) in [5.41, 5.74) is 1.14. The van der Waals surface area contributed by atoms with Gasteiger partial charge in [-0.3, -0.25) is 9.48 Å². The molecule has 1 aromatic heterocycles. The molecule has 1 aromatic carbocycles. The van der Waals surface area contributed by atoms with Crippen LogP contribution < -0.4 is 10.1 Å². The van der Waals surface area contributed by atoms with Crippen molar-refractivity contribution in [1.29, 1.82) is 0 Å². The molecule has 7 heteroatoms. The van der Waals surface area contributed by atoms with Crippen LogP contribution in [-0.4, -0.2) is 22.3 Å². The maximum Gasteiger partial charge on any atom is 0.387 e. The second-order valence-corrected chi connectivity index (χ2v) is 4.39. The average molecular weight is 295 g/mol. The zero-order chi connectivity index (χ0) is 15.4. The zero-order valence-electron chi connectivity index (χ0n) is 11.6. The van der Waals surface area contributed by atoms with Crippen molar-refractivity contribution in [3.05, 3.63) is 41.7 Å². The Kier molecular flexibility index (Phi) is 4.52. The van der Waals surface area contributed by atoms with Crippen LogP contribution in [0.5, 0.6) is 5.75 Å². The van der Waals surface area contributed by atoms with Crippen molar-refractivity contribution in [2.45, 2.75) is 27.0 Å². The third-order valence-electron chi connectivity index (χ3n) is 2.80. The van der Waals surface area contributed by atoms with E-state index in [1.165, 1.54) is 12.1 Å². The second-order valence-electron chi connectivity index (χ2n) is 4.39. The Bertz CT molecular complexity index is 641. The summed E-state index contributed by atoms with van der Waals surface area (Å²) < 4.78 is 30.8. The first-order chi connectivity index (χ1) is 9.99. The quantitative estimate of drug-likeness (QED) is 0.922. The highest BCUT2D eigenvalue weighted by atomic mass is 19.3. The van der Waals surface area contributed by atoms with Gasteiger partial charge in [-0.1, -0.05) is 6.07 Å². The molecule has 0 atom stereocenters.